The first-order valence-corrected chi connectivity index (χ1v) is 3.80. The zero-order valence-electron chi connectivity index (χ0n) is 5.46. The maximum atomic E-state index is 4.77. The van der Waals surface area contributed by atoms with Crippen molar-refractivity contribution in [3.8, 4) is 0 Å². The van der Waals surface area contributed by atoms with Crippen LogP contribution in [0.25, 0.3) is 0 Å². The lowest BCUT2D eigenvalue weighted by atomic mass is 10.3. The lowest BCUT2D eigenvalue weighted by Gasteiger charge is -1.85. The van der Waals surface area contributed by atoms with Crippen molar-refractivity contribution < 1.29 is 4.52 Å². The maximum Gasteiger partial charge on any atom is 0.314 e. The van der Waals surface area contributed by atoms with Crippen LogP contribution in [-0.4, -0.2) is 10.1 Å². The van der Waals surface area contributed by atoms with Gasteiger partial charge in [-0.1, -0.05) is 0 Å². The predicted octanol–water partition coefficient (Wildman–Crippen LogP) is 1.68. The molecule has 3 nitrogen and oxygen atoms in total. The molecule has 4 heteroatoms. The summed E-state index contributed by atoms with van der Waals surface area (Å²) in [6.07, 6.45) is 3.65. The minimum absolute atomic E-state index is 0.315. The minimum Gasteiger partial charge on any atom is -0.348 e. The van der Waals surface area contributed by atoms with Gasteiger partial charge in [-0.2, -0.15) is 4.98 Å². The monoisotopic (exact) mass is 156 g/mol. The molecule has 1 saturated carbocycles. The van der Waals surface area contributed by atoms with Crippen LogP contribution in [-0.2, 0) is 6.42 Å². The predicted molar refractivity (Wildman–Crippen MR) is 38.1 cm³/mol. The van der Waals surface area contributed by atoms with Gasteiger partial charge in [0, 0.05) is 6.42 Å². The number of aromatic nitrogens is 2. The molecule has 2 rings (SSSR count). The Morgan fingerprint density at radius 3 is 3.00 bits per heavy atom. The van der Waals surface area contributed by atoms with Crippen LogP contribution in [0.2, 0.25) is 0 Å². The highest BCUT2D eigenvalue weighted by Gasteiger charge is 2.22. The second-order valence-corrected chi connectivity index (χ2v) is 3.03. The minimum atomic E-state index is 0.315. The summed E-state index contributed by atoms with van der Waals surface area (Å²) in [4.78, 5) is 4.30. The zero-order chi connectivity index (χ0) is 6.97. The number of H-pyrrole nitrogens is 1. The molecule has 0 aromatic carbocycles. The molecule has 1 aliphatic carbocycles. The molecule has 0 amide bonds. The molecule has 1 N–H and O–H groups in total. The van der Waals surface area contributed by atoms with Crippen molar-refractivity contribution in [1.29, 1.82) is 0 Å². The van der Waals surface area contributed by atoms with Crippen molar-refractivity contribution in [3.63, 3.8) is 0 Å². The summed E-state index contributed by atoms with van der Waals surface area (Å²) in [6, 6.07) is 0. The van der Waals surface area contributed by atoms with Gasteiger partial charge in [0.05, 0.1) is 0 Å². The average molecular weight is 156 g/mol. The highest BCUT2D eigenvalue weighted by Crippen LogP contribution is 2.31. The van der Waals surface area contributed by atoms with E-state index in [4.69, 9.17) is 16.7 Å². The summed E-state index contributed by atoms with van der Waals surface area (Å²) >= 11 is 4.70. The van der Waals surface area contributed by atoms with E-state index in [1.165, 1.54) is 12.8 Å². The molecule has 1 aromatic rings. The molecule has 1 aliphatic rings. The first kappa shape index (κ1) is 6.09. The van der Waals surface area contributed by atoms with Crippen LogP contribution in [0.4, 0.5) is 0 Å². The Bertz CT molecular complexity index is 273. The van der Waals surface area contributed by atoms with Gasteiger partial charge in [0.1, 0.15) is 5.82 Å². The van der Waals surface area contributed by atoms with E-state index in [1.807, 2.05) is 0 Å². The van der Waals surface area contributed by atoms with Crippen LogP contribution < -0.4 is 0 Å². The molecule has 0 unspecified atom stereocenters. The van der Waals surface area contributed by atoms with Gasteiger partial charge >= 0.3 is 4.84 Å². The van der Waals surface area contributed by atoms with Crippen molar-refractivity contribution in [2.45, 2.75) is 19.3 Å². The van der Waals surface area contributed by atoms with E-state index in [-0.39, 0.29) is 0 Å². The van der Waals surface area contributed by atoms with Gasteiger partial charge in [-0.3, -0.25) is 0 Å². The summed E-state index contributed by atoms with van der Waals surface area (Å²) in [5, 5.41) is 2.69. The third kappa shape index (κ3) is 1.26. The Labute approximate surface area is 63.4 Å². The van der Waals surface area contributed by atoms with E-state index in [0.29, 0.717) is 4.84 Å². The number of nitrogens with one attached hydrogen (secondary N) is 1. The van der Waals surface area contributed by atoms with Crippen LogP contribution in [0.3, 0.4) is 0 Å². The fourth-order valence-corrected chi connectivity index (χ4v) is 1.09. The number of aromatic amines is 1. The van der Waals surface area contributed by atoms with Crippen LogP contribution in [0.5, 0.6) is 0 Å². The van der Waals surface area contributed by atoms with Gasteiger partial charge in [-0.15, -0.1) is 0 Å². The molecule has 54 valence electrons. The number of rotatable bonds is 2. The average Bonchev–Trinajstić information content (AvgIpc) is 2.59. The first-order valence-electron chi connectivity index (χ1n) is 3.39. The number of hydrogen-bond donors (Lipinski definition) is 1. The van der Waals surface area contributed by atoms with Crippen LogP contribution >= 0.6 is 12.2 Å². The fraction of sp³-hybridized carbons (Fsp3) is 0.667. The molecule has 0 atom stereocenters. The lowest BCUT2D eigenvalue weighted by molar-refractivity contribution is 0.397. The number of hydrogen-bond acceptors (Lipinski definition) is 3. The molecule has 0 saturated heterocycles. The summed E-state index contributed by atoms with van der Waals surface area (Å²) in [7, 11) is 0. The van der Waals surface area contributed by atoms with E-state index in [1.54, 1.807) is 0 Å². The van der Waals surface area contributed by atoms with Crippen molar-refractivity contribution >= 4 is 12.2 Å². The Balaban J connectivity index is 2.10. The van der Waals surface area contributed by atoms with E-state index in [9.17, 15) is 0 Å². The third-order valence-corrected chi connectivity index (χ3v) is 1.84. The highest BCUT2D eigenvalue weighted by molar-refractivity contribution is 7.71. The number of nitrogens with zero attached hydrogens (tertiary/aromatic N) is 1. The third-order valence-electron chi connectivity index (χ3n) is 1.66. The Morgan fingerprint density at radius 2 is 2.50 bits per heavy atom. The smallest absolute Gasteiger partial charge is 0.314 e. The van der Waals surface area contributed by atoms with Gasteiger partial charge in [0.2, 0.25) is 0 Å². The molecule has 1 aromatic heterocycles. The van der Waals surface area contributed by atoms with E-state index in [0.717, 1.165) is 18.2 Å². The van der Waals surface area contributed by atoms with Crippen LogP contribution in [0.1, 0.15) is 18.7 Å². The second kappa shape index (κ2) is 2.20. The highest BCUT2D eigenvalue weighted by atomic mass is 32.1. The molecule has 0 aliphatic heterocycles. The molecule has 1 heterocycles. The summed E-state index contributed by atoms with van der Waals surface area (Å²) in [5.41, 5.74) is 0. The standard InChI is InChI=1S/C6H8N2OS/c10-6-7-5(8-9-6)3-4-1-2-4/h4H,1-3H2,(H,7,8,10). The van der Waals surface area contributed by atoms with Gasteiger partial charge in [-0.05, 0) is 31.0 Å². The summed E-state index contributed by atoms with van der Waals surface area (Å²) in [5.74, 6) is 1.73. The Hall–Kier alpha value is -0.640. The van der Waals surface area contributed by atoms with Gasteiger partial charge in [0.25, 0.3) is 0 Å². The Morgan fingerprint density at radius 1 is 1.70 bits per heavy atom. The van der Waals surface area contributed by atoms with Gasteiger partial charge < -0.3 is 4.52 Å². The SMILES string of the molecule is S=c1nc(CC2CC2)[nH]o1. The molecule has 0 bridgehead atoms. The van der Waals surface area contributed by atoms with Crippen molar-refractivity contribution in [2.75, 3.05) is 0 Å². The van der Waals surface area contributed by atoms with Crippen molar-refractivity contribution in [3.05, 3.63) is 10.7 Å². The largest absolute Gasteiger partial charge is 0.348 e. The summed E-state index contributed by atoms with van der Waals surface area (Å²) < 4.78 is 4.77. The van der Waals surface area contributed by atoms with Gasteiger partial charge in [0.15, 0.2) is 0 Å². The molecule has 0 radical (unpaired) electrons. The second-order valence-electron chi connectivity index (χ2n) is 2.68. The van der Waals surface area contributed by atoms with E-state index in [2.05, 4.69) is 10.1 Å². The maximum absolute atomic E-state index is 4.77. The van der Waals surface area contributed by atoms with E-state index < -0.39 is 0 Å². The normalized spacial score (nSPS) is 17.6. The molecular formula is C6H8N2OS. The Kier molecular flexibility index (Phi) is 1.34. The molecule has 10 heavy (non-hydrogen) atoms. The molecular weight excluding hydrogens is 148 g/mol. The van der Waals surface area contributed by atoms with Crippen molar-refractivity contribution in [2.24, 2.45) is 5.92 Å². The summed E-state index contributed by atoms with van der Waals surface area (Å²) in [6.45, 7) is 0. The first-order chi connectivity index (χ1) is 4.84. The topological polar surface area (TPSA) is 41.8 Å². The van der Waals surface area contributed by atoms with Gasteiger partial charge in [-0.25, -0.2) is 5.16 Å². The van der Waals surface area contributed by atoms with Crippen molar-refractivity contribution in [1.82, 2.24) is 10.1 Å². The zero-order valence-corrected chi connectivity index (χ0v) is 6.28. The quantitative estimate of drug-likeness (QED) is 0.662. The van der Waals surface area contributed by atoms with E-state index >= 15 is 0 Å². The molecule has 1 fully saturated rings. The lowest BCUT2D eigenvalue weighted by Crippen LogP contribution is -1.88. The molecule has 0 spiro atoms. The van der Waals surface area contributed by atoms with Crippen LogP contribution in [0, 0.1) is 10.8 Å². The fourth-order valence-electron chi connectivity index (χ4n) is 0.941. The van der Waals surface area contributed by atoms with Crippen LogP contribution in [0.15, 0.2) is 4.52 Å².